The summed E-state index contributed by atoms with van der Waals surface area (Å²) in [6.07, 6.45) is 0. The summed E-state index contributed by atoms with van der Waals surface area (Å²) in [5.74, 6) is 0.618. The summed E-state index contributed by atoms with van der Waals surface area (Å²) in [6.45, 7) is 0.362. The molecule has 3 nitrogen and oxygen atoms in total. The first-order valence-corrected chi connectivity index (χ1v) is 10.5. The highest BCUT2D eigenvalue weighted by Gasteiger charge is 2.14. The Bertz CT molecular complexity index is 1210. The Kier molecular flexibility index (Phi) is 5.72. The lowest BCUT2D eigenvalue weighted by atomic mass is 10.2. The van der Waals surface area contributed by atoms with Gasteiger partial charge in [0, 0.05) is 15.8 Å². The molecule has 0 unspecified atom stereocenters. The fraction of sp³-hybridized carbons (Fsp3) is 0.0909. The Labute approximate surface area is 176 Å². The molecule has 4 aromatic rings. The Morgan fingerprint density at radius 2 is 1.43 bits per heavy atom. The molecule has 0 saturated heterocycles. The summed E-state index contributed by atoms with van der Waals surface area (Å²) < 4.78 is 1.69. The van der Waals surface area contributed by atoms with Crippen molar-refractivity contribution in [2.75, 3.05) is 0 Å². The number of thioether (sulfide) groups is 1. The van der Waals surface area contributed by atoms with E-state index in [1.54, 1.807) is 10.6 Å². The molecule has 4 rings (SSSR count). The number of aromatic nitrogens is 2. The summed E-state index contributed by atoms with van der Waals surface area (Å²) >= 11 is 14.1. The Balaban J connectivity index is 1.78. The van der Waals surface area contributed by atoms with Gasteiger partial charge in [0.1, 0.15) is 0 Å². The van der Waals surface area contributed by atoms with E-state index in [1.807, 2.05) is 66.7 Å². The van der Waals surface area contributed by atoms with Crippen LogP contribution in [0.1, 0.15) is 11.1 Å². The van der Waals surface area contributed by atoms with Gasteiger partial charge in [-0.15, -0.1) is 0 Å². The minimum absolute atomic E-state index is 0.0767. The second-order valence-electron chi connectivity index (χ2n) is 6.27. The number of hydrogen-bond donors (Lipinski definition) is 0. The van der Waals surface area contributed by atoms with Gasteiger partial charge in [0.05, 0.1) is 17.4 Å². The number of hydrogen-bond acceptors (Lipinski definition) is 3. The Hall–Kier alpha value is -2.27. The van der Waals surface area contributed by atoms with Crippen molar-refractivity contribution in [2.45, 2.75) is 17.5 Å². The fourth-order valence-corrected chi connectivity index (χ4v) is 4.43. The van der Waals surface area contributed by atoms with Gasteiger partial charge in [0.15, 0.2) is 5.16 Å². The highest BCUT2D eigenvalue weighted by Crippen LogP contribution is 2.27. The van der Waals surface area contributed by atoms with Gasteiger partial charge in [0.2, 0.25) is 0 Å². The monoisotopic (exact) mass is 426 g/mol. The lowest BCUT2D eigenvalue weighted by Crippen LogP contribution is -2.24. The predicted octanol–water partition coefficient (Wildman–Crippen LogP) is 6.04. The van der Waals surface area contributed by atoms with Gasteiger partial charge in [-0.05, 0) is 35.4 Å². The molecule has 140 valence electrons. The van der Waals surface area contributed by atoms with Crippen molar-refractivity contribution in [1.29, 1.82) is 0 Å². The molecule has 0 saturated carbocycles. The van der Waals surface area contributed by atoms with E-state index in [-0.39, 0.29) is 5.56 Å². The first kappa shape index (κ1) is 19.1. The average molecular weight is 427 g/mol. The third-order valence-electron chi connectivity index (χ3n) is 4.43. The molecular formula is C22H16Cl2N2OS. The smallest absolute Gasteiger partial charge is 0.262 e. The van der Waals surface area contributed by atoms with Gasteiger partial charge in [-0.2, -0.15) is 0 Å². The molecule has 0 atom stereocenters. The lowest BCUT2D eigenvalue weighted by molar-refractivity contribution is 0.658. The van der Waals surface area contributed by atoms with Crippen LogP contribution in [0.15, 0.2) is 82.7 Å². The minimum atomic E-state index is -0.0767. The number of fused-ring (bicyclic) bond motifs is 1. The van der Waals surface area contributed by atoms with Crippen LogP contribution in [0.2, 0.25) is 10.0 Å². The molecule has 0 spiro atoms. The largest absolute Gasteiger partial charge is 0.283 e. The zero-order valence-corrected chi connectivity index (χ0v) is 17.1. The zero-order valence-electron chi connectivity index (χ0n) is 14.8. The van der Waals surface area contributed by atoms with E-state index < -0.39 is 0 Å². The number of nitrogens with zero attached hydrogens (tertiary/aromatic N) is 2. The molecule has 0 bridgehead atoms. The van der Waals surface area contributed by atoms with E-state index in [1.165, 1.54) is 11.8 Å². The third-order valence-corrected chi connectivity index (χ3v) is 6.19. The maximum absolute atomic E-state index is 13.2. The van der Waals surface area contributed by atoms with Crippen molar-refractivity contribution in [1.82, 2.24) is 9.55 Å². The zero-order chi connectivity index (χ0) is 19.5. The van der Waals surface area contributed by atoms with E-state index in [2.05, 4.69) is 0 Å². The van der Waals surface area contributed by atoms with Crippen LogP contribution in [0.5, 0.6) is 0 Å². The van der Waals surface area contributed by atoms with Gasteiger partial charge in [0.25, 0.3) is 5.56 Å². The highest BCUT2D eigenvalue weighted by atomic mass is 35.5. The normalized spacial score (nSPS) is 11.1. The van der Waals surface area contributed by atoms with E-state index in [0.29, 0.717) is 38.4 Å². The summed E-state index contributed by atoms with van der Waals surface area (Å²) in [4.78, 5) is 17.9. The average Bonchev–Trinajstić information content (AvgIpc) is 2.71. The minimum Gasteiger partial charge on any atom is -0.283 e. The van der Waals surface area contributed by atoms with Crippen LogP contribution >= 0.6 is 35.0 Å². The SMILES string of the molecule is O=c1c2ccccc2nc(SCc2ccccc2Cl)n1Cc1ccccc1Cl. The van der Waals surface area contributed by atoms with E-state index in [9.17, 15) is 4.79 Å². The Morgan fingerprint density at radius 1 is 0.821 bits per heavy atom. The molecule has 0 amide bonds. The van der Waals surface area contributed by atoms with Gasteiger partial charge in [-0.1, -0.05) is 83.5 Å². The standard InChI is InChI=1S/C22H16Cl2N2OS/c23-18-10-4-1-7-15(18)13-26-21(27)17-9-3-6-12-20(17)25-22(26)28-14-16-8-2-5-11-19(16)24/h1-12H,13-14H2. The fourth-order valence-electron chi connectivity index (χ4n) is 2.95. The van der Waals surface area contributed by atoms with Gasteiger partial charge in [-0.25, -0.2) is 4.98 Å². The van der Waals surface area contributed by atoms with Crippen molar-refractivity contribution < 1.29 is 0 Å². The summed E-state index contributed by atoms with van der Waals surface area (Å²) in [7, 11) is 0. The number of halogens is 2. The lowest BCUT2D eigenvalue weighted by Gasteiger charge is -2.14. The quantitative estimate of drug-likeness (QED) is 0.288. The molecule has 0 aliphatic heterocycles. The number of benzene rings is 3. The van der Waals surface area contributed by atoms with Crippen LogP contribution in [0.25, 0.3) is 10.9 Å². The van der Waals surface area contributed by atoms with Crippen molar-refractivity contribution in [3.63, 3.8) is 0 Å². The second kappa shape index (κ2) is 8.39. The van der Waals surface area contributed by atoms with E-state index in [0.717, 1.165) is 11.1 Å². The highest BCUT2D eigenvalue weighted by molar-refractivity contribution is 7.98. The van der Waals surface area contributed by atoms with Crippen LogP contribution in [-0.4, -0.2) is 9.55 Å². The van der Waals surface area contributed by atoms with Crippen molar-refractivity contribution in [3.05, 3.63) is 104 Å². The molecule has 0 fully saturated rings. The molecular weight excluding hydrogens is 411 g/mol. The molecule has 3 aromatic carbocycles. The van der Waals surface area contributed by atoms with Crippen LogP contribution in [0.4, 0.5) is 0 Å². The van der Waals surface area contributed by atoms with Gasteiger partial charge >= 0.3 is 0 Å². The van der Waals surface area contributed by atoms with Crippen LogP contribution in [0.3, 0.4) is 0 Å². The van der Waals surface area contributed by atoms with Crippen molar-refractivity contribution >= 4 is 45.9 Å². The van der Waals surface area contributed by atoms with Crippen LogP contribution < -0.4 is 5.56 Å². The first-order valence-electron chi connectivity index (χ1n) is 8.72. The molecule has 0 aliphatic carbocycles. The molecule has 0 radical (unpaired) electrons. The van der Waals surface area contributed by atoms with Crippen molar-refractivity contribution in [3.8, 4) is 0 Å². The molecule has 28 heavy (non-hydrogen) atoms. The maximum atomic E-state index is 13.2. The molecule has 0 N–H and O–H groups in total. The Morgan fingerprint density at radius 3 is 2.14 bits per heavy atom. The van der Waals surface area contributed by atoms with Crippen LogP contribution in [0, 0.1) is 0 Å². The summed E-state index contributed by atoms with van der Waals surface area (Å²) in [6, 6.07) is 22.6. The molecule has 0 aliphatic rings. The van der Waals surface area contributed by atoms with E-state index in [4.69, 9.17) is 28.2 Å². The predicted molar refractivity (Wildman–Crippen MR) is 118 cm³/mol. The third kappa shape index (κ3) is 3.95. The van der Waals surface area contributed by atoms with Gasteiger partial charge in [-0.3, -0.25) is 9.36 Å². The van der Waals surface area contributed by atoms with Crippen LogP contribution in [-0.2, 0) is 12.3 Å². The topological polar surface area (TPSA) is 34.9 Å². The maximum Gasteiger partial charge on any atom is 0.262 e. The molecule has 1 aromatic heterocycles. The summed E-state index contributed by atoms with van der Waals surface area (Å²) in [5.41, 5.74) is 2.49. The van der Waals surface area contributed by atoms with E-state index >= 15 is 0 Å². The summed E-state index contributed by atoms with van der Waals surface area (Å²) in [5, 5.41) is 2.57. The van der Waals surface area contributed by atoms with Gasteiger partial charge < -0.3 is 0 Å². The first-order chi connectivity index (χ1) is 13.6. The molecule has 1 heterocycles. The second-order valence-corrected chi connectivity index (χ2v) is 8.03. The molecule has 6 heteroatoms. The number of para-hydroxylation sites is 1. The number of rotatable bonds is 5. The van der Waals surface area contributed by atoms with Crippen molar-refractivity contribution in [2.24, 2.45) is 0 Å².